The van der Waals surface area contributed by atoms with Crippen LogP contribution < -0.4 is 5.32 Å². The molecule has 1 heterocycles. The third kappa shape index (κ3) is 5.53. The molecular weight excluding hydrogens is 389 g/mol. The molecule has 0 spiro atoms. The van der Waals surface area contributed by atoms with Crippen molar-refractivity contribution in [1.82, 2.24) is 20.5 Å². The fourth-order valence-corrected chi connectivity index (χ4v) is 2.96. The summed E-state index contributed by atoms with van der Waals surface area (Å²) in [5, 5.41) is 10.3. The van der Waals surface area contributed by atoms with E-state index in [1.807, 2.05) is 66.0 Å². The summed E-state index contributed by atoms with van der Waals surface area (Å²) in [6, 6.07) is 18.8. The first-order chi connectivity index (χ1) is 13.4. The summed E-state index contributed by atoms with van der Waals surface area (Å²) in [6.45, 7) is -1.37. The van der Waals surface area contributed by atoms with Gasteiger partial charge in [-0.05, 0) is 0 Å². The average molecular weight is 404 g/mol. The number of halogens is 3. The van der Waals surface area contributed by atoms with Crippen LogP contribution >= 0.6 is 11.8 Å². The first kappa shape index (κ1) is 19.8. The summed E-state index contributed by atoms with van der Waals surface area (Å²) >= 11 is 0.928. The van der Waals surface area contributed by atoms with Gasteiger partial charge in [0.15, 0.2) is 0 Å². The molecule has 0 aliphatic rings. The maximum Gasteiger partial charge on any atom is 0.405 e. The molecule has 0 aliphatic carbocycles. The number of nitrogens with zero attached hydrogens (tertiary/aromatic N) is 3. The van der Waals surface area contributed by atoms with Crippen LogP contribution in [0.25, 0.3) is 22.5 Å². The zero-order valence-corrected chi connectivity index (χ0v) is 15.3. The summed E-state index contributed by atoms with van der Waals surface area (Å²) in [6.07, 6.45) is -4.45. The lowest BCUT2D eigenvalue weighted by Crippen LogP contribution is -2.34. The number of carbonyl (C=O) groups is 1. The molecule has 1 aromatic heterocycles. The topological polar surface area (TPSA) is 67.8 Å². The molecule has 0 radical (unpaired) electrons. The van der Waals surface area contributed by atoms with E-state index in [1.54, 1.807) is 0 Å². The van der Waals surface area contributed by atoms with Gasteiger partial charge in [0.25, 0.3) is 0 Å². The van der Waals surface area contributed by atoms with Gasteiger partial charge in [0.1, 0.15) is 17.9 Å². The minimum atomic E-state index is -4.45. The van der Waals surface area contributed by atoms with E-state index in [0.717, 1.165) is 22.9 Å². The van der Waals surface area contributed by atoms with Crippen LogP contribution in [0.4, 0.5) is 13.2 Å². The predicted molar refractivity (Wildman–Crippen MR) is 100 cm³/mol. The Bertz CT molecular complexity index is 937. The Morgan fingerprint density at radius 1 is 0.893 bits per heavy atom. The van der Waals surface area contributed by atoms with Crippen LogP contribution in [0, 0.1) is 0 Å². The smallest absolute Gasteiger partial charge is 0.346 e. The molecule has 0 aliphatic heterocycles. The van der Waals surface area contributed by atoms with E-state index in [1.165, 1.54) is 0 Å². The molecule has 5 nitrogen and oxygen atoms in total. The number of hydrogen-bond acceptors (Lipinski definition) is 5. The molecule has 1 amide bonds. The van der Waals surface area contributed by atoms with Crippen molar-refractivity contribution in [3.05, 3.63) is 60.7 Å². The monoisotopic (exact) mass is 404 g/mol. The molecule has 0 fully saturated rings. The predicted octanol–water partition coefficient (Wildman–Crippen LogP) is 3.98. The van der Waals surface area contributed by atoms with Crippen molar-refractivity contribution in [2.45, 2.75) is 11.3 Å². The van der Waals surface area contributed by atoms with Crippen molar-refractivity contribution >= 4 is 17.7 Å². The van der Waals surface area contributed by atoms with E-state index in [-0.39, 0.29) is 10.9 Å². The molecule has 144 valence electrons. The van der Waals surface area contributed by atoms with E-state index < -0.39 is 18.6 Å². The lowest BCUT2D eigenvalue weighted by molar-refractivity contribution is -0.136. The fraction of sp³-hybridized carbons (Fsp3) is 0.158. The Labute approximate surface area is 163 Å². The number of nitrogens with one attached hydrogen (secondary N) is 1. The van der Waals surface area contributed by atoms with Gasteiger partial charge in [0.05, 0.1) is 5.75 Å². The van der Waals surface area contributed by atoms with Gasteiger partial charge in [-0.3, -0.25) is 4.79 Å². The van der Waals surface area contributed by atoms with Gasteiger partial charge in [-0.25, -0.2) is 4.98 Å². The van der Waals surface area contributed by atoms with E-state index in [4.69, 9.17) is 0 Å². The number of rotatable bonds is 6. The molecule has 3 rings (SSSR count). The zero-order valence-electron chi connectivity index (χ0n) is 14.5. The first-order valence-electron chi connectivity index (χ1n) is 8.24. The standard InChI is InChI=1S/C19H15F3N4OS/c20-19(21,22)12-23-15(27)11-28-18-24-16(13-7-3-1-4-8-13)17(25-26-18)14-9-5-2-6-10-14/h1-10H,11-12H2,(H,23,27). The van der Waals surface area contributed by atoms with Gasteiger partial charge in [-0.1, -0.05) is 72.4 Å². The highest BCUT2D eigenvalue weighted by molar-refractivity contribution is 7.99. The van der Waals surface area contributed by atoms with Crippen molar-refractivity contribution in [3.8, 4) is 22.5 Å². The third-order valence-electron chi connectivity index (χ3n) is 3.58. The van der Waals surface area contributed by atoms with Crippen LogP contribution in [0.1, 0.15) is 0 Å². The maximum atomic E-state index is 12.2. The second-order valence-electron chi connectivity index (χ2n) is 5.70. The molecular formula is C19H15F3N4OS. The second-order valence-corrected chi connectivity index (χ2v) is 6.65. The van der Waals surface area contributed by atoms with Crippen LogP contribution in [-0.4, -0.2) is 39.6 Å². The number of benzene rings is 2. The summed E-state index contributed by atoms with van der Waals surface area (Å²) in [5.41, 5.74) is 2.82. The molecule has 0 saturated heterocycles. The molecule has 0 unspecified atom stereocenters. The number of carbonyl (C=O) groups excluding carboxylic acids is 1. The van der Waals surface area contributed by atoms with Gasteiger partial charge in [-0.15, -0.1) is 10.2 Å². The van der Waals surface area contributed by atoms with Gasteiger partial charge < -0.3 is 5.32 Å². The van der Waals surface area contributed by atoms with Crippen molar-refractivity contribution in [1.29, 1.82) is 0 Å². The normalized spacial score (nSPS) is 11.2. The fourth-order valence-electron chi connectivity index (χ4n) is 2.34. The van der Waals surface area contributed by atoms with Crippen LogP contribution in [0.3, 0.4) is 0 Å². The van der Waals surface area contributed by atoms with Gasteiger partial charge in [0, 0.05) is 11.1 Å². The largest absolute Gasteiger partial charge is 0.405 e. The maximum absolute atomic E-state index is 12.2. The third-order valence-corrected chi connectivity index (χ3v) is 4.42. The summed E-state index contributed by atoms with van der Waals surface area (Å²) < 4.78 is 36.5. The van der Waals surface area contributed by atoms with Crippen molar-refractivity contribution in [2.75, 3.05) is 12.3 Å². The first-order valence-corrected chi connectivity index (χ1v) is 9.23. The number of aromatic nitrogens is 3. The Morgan fingerprint density at radius 3 is 2.04 bits per heavy atom. The van der Waals surface area contributed by atoms with E-state index >= 15 is 0 Å². The lowest BCUT2D eigenvalue weighted by Gasteiger charge is -2.10. The molecule has 1 N–H and O–H groups in total. The second kappa shape index (κ2) is 8.83. The Hall–Kier alpha value is -2.94. The van der Waals surface area contributed by atoms with Crippen LogP contribution in [-0.2, 0) is 4.79 Å². The summed E-state index contributed by atoms with van der Waals surface area (Å²) in [7, 11) is 0. The molecule has 28 heavy (non-hydrogen) atoms. The molecule has 9 heteroatoms. The van der Waals surface area contributed by atoms with Crippen LogP contribution in [0.5, 0.6) is 0 Å². The quantitative estimate of drug-likeness (QED) is 0.630. The minimum Gasteiger partial charge on any atom is -0.346 e. The summed E-state index contributed by atoms with van der Waals surface area (Å²) in [5.74, 6) is -0.990. The van der Waals surface area contributed by atoms with Crippen molar-refractivity contribution in [3.63, 3.8) is 0 Å². The van der Waals surface area contributed by atoms with E-state index in [9.17, 15) is 18.0 Å². The number of alkyl halides is 3. The molecule has 3 aromatic rings. The Morgan fingerprint density at radius 2 is 1.46 bits per heavy atom. The molecule has 0 bridgehead atoms. The lowest BCUT2D eigenvalue weighted by atomic mass is 10.0. The average Bonchev–Trinajstić information content (AvgIpc) is 2.71. The molecule has 0 saturated carbocycles. The van der Waals surface area contributed by atoms with Gasteiger partial charge in [0.2, 0.25) is 11.1 Å². The van der Waals surface area contributed by atoms with Gasteiger partial charge >= 0.3 is 6.18 Å². The highest BCUT2D eigenvalue weighted by Crippen LogP contribution is 2.29. The molecule has 2 aromatic carbocycles. The minimum absolute atomic E-state index is 0.209. The van der Waals surface area contributed by atoms with E-state index in [0.29, 0.717) is 11.4 Å². The highest BCUT2D eigenvalue weighted by Gasteiger charge is 2.27. The molecule has 0 atom stereocenters. The van der Waals surface area contributed by atoms with Crippen LogP contribution in [0.2, 0.25) is 0 Å². The SMILES string of the molecule is O=C(CSc1nnc(-c2ccccc2)c(-c2ccccc2)n1)NCC(F)(F)F. The number of amides is 1. The number of hydrogen-bond donors (Lipinski definition) is 1. The Kier molecular flexibility index (Phi) is 6.25. The summed E-state index contributed by atoms with van der Waals surface area (Å²) in [4.78, 5) is 16.1. The Balaban J connectivity index is 1.82. The van der Waals surface area contributed by atoms with Crippen molar-refractivity contribution in [2.24, 2.45) is 0 Å². The van der Waals surface area contributed by atoms with Crippen LogP contribution in [0.15, 0.2) is 65.8 Å². The highest BCUT2D eigenvalue weighted by atomic mass is 32.2. The van der Waals surface area contributed by atoms with Gasteiger partial charge in [-0.2, -0.15) is 13.2 Å². The van der Waals surface area contributed by atoms with E-state index in [2.05, 4.69) is 15.2 Å². The number of thioether (sulfide) groups is 1. The van der Waals surface area contributed by atoms with Crippen molar-refractivity contribution < 1.29 is 18.0 Å². The zero-order chi connectivity index (χ0) is 20.0.